The molecule has 20 heavy (non-hydrogen) atoms. The Labute approximate surface area is 110 Å². The molecule has 0 spiro atoms. The van der Waals surface area contributed by atoms with Gasteiger partial charge >= 0.3 is 6.29 Å². The molecule has 7 nitrogen and oxygen atoms in total. The first kappa shape index (κ1) is 12.2. The number of benzene rings is 1. The minimum absolute atomic E-state index is 0.0768. The first-order chi connectivity index (χ1) is 9.44. The van der Waals surface area contributed by atoms with Gasteiger partial charge in [-0.15, -0.1) is 8.78 Å². The van der Waals surface area contributed by atoms with Gasteiger partial charge in [0.2, 0.25) is 0 Å². The van der Waals surface area contributed by atoms with Gasteiger partial charge in [0.15, 0.2) is 11.5 Å². The largest absolute Gasteiger partial charge is 0.586 e. The molecule has 104 valence electrons. The number of ether oxygens (including phenoxy) is 2. The molecule has 9 heteroatoms. The molecule has 0 aliphatic carbocycles. The highest BCUT2D eigenvalue weighted by molar-refractivity contribution is 6.06. The molecule has 3 rings (SSSR count). The zero-order valence-corrected chi connectivity index (χ0v) is 9.81. The van der Waals surface area contributed by atoms with Crippen LogP contribution in [0.5, 0.6) is 11.5 Å². The number of H-pyrrole nitrogens is 1. The monoisotopic (exact) mass is 282 g/mol. The highest BCUT2D eigenvalue weighted by Gasteiger charge is 2.43. The van der Waals surface area contributed by atoms with Crippen molar-refractivity contribution in [1.82, 2.24) is 10.2 Å². The Kier molecular flexibility index (Phi) is 2.49. The summed E-state index contributed by atoms with van der Waals surface area (Å²) in [7, 11) is 0. The van der Waals surface area contributed by atoms with Crippen LogP contribution in [0.3, 0.4) is 0 Å². The number of nitrogen functional groups attached to an aromatic ring is 1. The van der Waals surface area contributed by atoms with Crippen molar-refractivity contribution in [2.75, 3.05) is 11.1 Å². The number of anilines is 2. The maximum absolute atomic E-state index is 12.8. The van der Waals surface area contributed by atoms with E-state index in [4.69, 9.17) is 5.73 Å². The highest BCUT2D eigenvalue weighted by Crippen LogP contribution is 2.42. The molecule has 1 aliphatic heterocycles. The molecule has 0 fully saturated rings. The van der Waals surface area contributed by atoms with Crippen LogP contribution in [0, 0.1) is 0 Å². The minimum Gasteiger partial charge on any atom is -0.396 e. The Morgan fingerprint density at radius 1 is 1.35 bits per heavy atom. The number of halogens is 2. The number of nitrogens with one attached hydrogen (secondary N) is 2. The first-order valence-electron chi connectivity index (χ1n) is 5.45. The average Bonchev–Trinajstić information content (AvgIpc) is 2.90. The van der Waals surface area contributed by atoms with E-state index in [2.05, 4.69) is 25.0 Å². The van der Waals surface area contributed by atoms with E-state index in [9.17, 15) is 13.6 Å². The number of nitrogens with zero attached hydrogens (tertiary/aromatic N) is 1. The Morgan fingerprint density at radius 3 is 2.80 bits per heavy atom. The normalized spacial score (nSPS) is 15.1. The number of carbonyl (C=O) groups is 1. The summed E-state index contributed by atoms with van der Waals surface area (Å²) in [5.74, 6) is -0.815. The lowest BCUT2D eigenvalue weighted by Gasteiger charge is -2.05. The van der Waals surface area contributed by atoms with Crippen molar-refractivity contribution in [1.29, 1.82) is 0 Å². The van der Waals surface area contributed by atoms with E-state index in [-0.39, 0.29) is 28.6 Å². The average molecular weight is 282 g/mol. The number of aromatic amines is 1. The molecule has 1 aromatic carbocycles. The van der Waals surface area contributed by atoms with E-state index in [1.807, 2.05) is 0 Å². The number of hydrogen-bond acceptors (Lipinski definition) is 5. The van der Waals surface area contributed by atoms with Gasteiger partial charge in [-0.25, -0.2) is 0 Å². The lowest BCUT2D eigenvalue weighted by molar-refractivity contribution is -0.286. The van der Waals surface area contributed by atoms with Crippen molar-refractivity contribution < 1.29 is 23.0 Å². The van der Waals surface area contributed by atoms with Crippen LogP contribution < -0.4 is 20.5 Å². The highest BCUT2D eigenvalue weighted by atomic mass is 19.3. The summed E-state index contributed by atoms with van der Waals surface area (Å²) in [6.07, 6.45) is -2.41. The number of carbonyl (C=O) groups excluding carboxylic acids is 1. The molecular formula is C11H8F2N4O3. The summed E-state index contributed by atoms with van der Waals surface area (Å²) >= 11 is 0. The summed E-state index contributed by atoms with van der Waals surface area (Å²) in [4.78, 5) is 11.8. The van der Waals surface area contributed by atoms with Crippen molar-refractivity contribution in [3.05, 3.63) is 30.1 Å². The summed E-state index contributed by atoms with van der Waals surface area (Å²) in [5.41, 5.74) is 6.03. The molecular weight excluding hydrogens is 274 g/mol. The second-order valence-corrected chi connectivity index (χ2v) is 3.98. The molecule has 2 aromatic rings. The molecule has 1 aromatic heterocycles. The molecule has 1 aliphatic rings. The zero-order valence-electron chi connectivity index (χ0n) is 9.81. The standard InChI is InChI=1S/C11H8F2N4O3/c12-11(13)19-7-2-1-5(3-8(7)20-11)16-10(18)9-6(14)4-15-17-9/h1-4H,14H2,(H,15,17)(H,16,18). The van der Waals surface area contributed by atoms with Gasteiger partial charge in [0.1, 0.15) is 5.69 Å². The number of hydrogen-bond donors (Lipinski definition) is 3. The zero-order chi connectivity index (χ0) is 14.3. The summed E-state index contributed by atoms with van der Waals surface area (Å²) in [6, 6.07) is 3.89. The topological polar surface area (TPSA) is 102 Å². The van der Waals surface area contributed by atoms with Crippen LogP contribution in [0.2, 0.25) is 0 Å². The van der Waals surface area contributed by atoms with Crippen LogP contribution in [-0.4, -0.2) is 22.4 Å². The van der Waals surface area contributed by atoms with Gasteiger partial charge in [0, 0.05) is 11.8 Å². The third-order valence-corrected chi connectivity index (χ3v) is 2.55. The predicted molar refractivity (Wildman–Crippen MR) is 63.6 cm³/mol. The van der Waals surface area contributed by atoms with Gasteiger partial charge in [0.25, 0.3) is 5.91 Å². The molecule has 0 saturated carbocycles. The smallest absolute Gasteiger partial charge is 0.396 e. The van der Waals surface area contributed by atoms with Crippen LogP contribution in [0.1, 0.15) is 10.5 Å². The number of nitrogens with two attached hydrogens (primary N) is 1. The molecule has 0 radical (unpaired) electrons. The quantitative estimate of drug-likeness (QED) is 0.775. The fourth-order valence-electron chi connectivity index (χ4n) is 1.70. The second-order valence-electron chi connectivity index (χ2n) is 3.98. The lowest BCUT2D eigenvalue weighted by Crippen LogP contribution is -2.25. The van der Waals surface area contributed by atoms with Gasteiger partial charge in [-0.3, -0.25) is 9.89 Å². The number of alkyl halides is 2. The Balaban J connectivity index is 1.80. The first-order valence-corrected chi connectivity index (χ1v) is 5.45. The Bertz CT molecular complexity index is 686. The van der Waals surface area contributed by atoms with Gasteiger partial charge < -0.3 is 20.5 Å². The molecule has 0 bridgehead atoms. The molecule has 0 atom stereocenters. The fraction of sp³-hybridized carbons (Fsp3) is 0.0909. The van der Waals surface area contributed by atoms with Crippen LogP contribution in [0.4, 0.5) is 20.2 Å². The predicted octanol–water partition coefficient (Wildman–Crippen LogP) is 1.57. The van der Waals surface area contributed by atoms with Gasteiger partial charge in [-0.1, -0.05) is 0 Å². The van der Waals surface area contributed by atoms with E-state index < -0.39 is 12.2 Å². The van der Waals surface area contributed by atoms with Gasteiger partial charge in [-0.05, 0) is 12.1 Å². The molecule has 2 heterocycles. The van der Waals surface area contributed by atoms with Gasteiger partial charge in [0.05, 0.1) is 11.9 Å². The van der Waals surface area contributed by atoms with Crippen molar-refractivity contribution in [3.8, 4) is 11.5 Å². The van der Waals surface area contributed by atoms with Crippen LogP contribution in [-0.2, 0) is 0 Å². The Hall–Kier alpha value is -2.84. The van der Waals surface area contributed by atoms with Crippen LogP contribution >= 0.6 is 0 Å². The Morgan fingerprint density at radius 2 is 2.10 bits per heavy atom. The maximum Gasteiger partial charge on any atom is 0.586 e. The van der Waals surface area contributed by atoms with E-state index in [1.54, 1.807) is 0 Å². The van der Waals surface area contributed by atoms with Crippen molar-refractivity contribution in [2.24, 2.45) is 0 Å². The third-order valence-electron chi connectivity index (χ3n) is 2.55. The van der Waals surface area contributed by atoms with E-state index in [0.717, 1.165) is 0 Å². The van der Waals surface area contributed by atoms with Crippen molar-refractivity contribution >= 4 is 17.3 Å². The maximum atomic E-state index is 12.8. The lowest BCUT2D eigenvalue weighted by atomic mass is 10.2. The fourth-order valence-corrected chi connectivity index (χ4v) is 1.70. The number of aromatic nitrogens is 2. The SMILES string of the molecule is Nc1cn[nH]c1C(=O)Nc1ccc2c(c1)OC(F)(F)O2. The van der Waals surface area contributed by atoms with Crippen molar-refractivity contribution in [3.63, 3.8) is 0 Å². The summed E-state index contributed by atoms with van der Waals surface area (Å²) in [5, 5.41) is 8.51. The van der Waals surface area contributed by atoms with E-state index >= 15 is 0 Å². The van der Waals surface area contributed by atoms with Gasteiger partial charge in [-0.2, -0.15) is 5.10 Å². The van der Waals surface area contributed by atoms with Crippen LogP contribution in [0.15, 0.2) is 24.4 Å². The van der Waals surface area contributed by atoms with E-state index in [1.165, 1.54) is 24.4 Å². The van der Waals surface area contributed by atoms with Crippen molar-refractivity contribution in [2.45, 2.75) is 6.29 Å². The second kappa shape index (κ2) is 4.08. The third kappa shape index (κ3) is 2.09. The van der Waals surface area contributed by atoms with Crippen LogP contribution in [0.25, 0.3) is 0 Å². The number of fused-ring (bicyclic) bond motifs is 1. The van der Waals surface area contributed by atoms with E-state index in [0.29, 0.717) is 0 Å². The number of rotatable bonds is 2. The summed E-state index contributed by atoms with van der Waals surface area (Å²) in [6.45, 7) is 0. The summed E-state index contributed by atoms with van der Waals surface area (Å²) < 4.78 is 34.2. The molecule has 0 unspecified atom stereocenters. The molecule has 1 amide bonds. The molecule has 4 N–H and O–H groups in total. The number of amides is 1. The minimum atomic E-state index is -3.70. The molecule has 0 saturated heterocycles.